The molecule has 0 unspecified atom stereocenters. The number of nitrogens with one attached hydrogen (secondary N) is 1. The number of nitrogens with zero attached hydrogens (tertiary/aromatic N) is 1. The van der Waals surface area contributed by atoms with Crippen molar-refractivity contribution in [2.24, 2.45) is 0 Å². The van der Waals surface area contributed by atoms with Crippen molar-refractivity contribution in [2.45, 2.75) is 20.0 Å². The zero-order valence-electron chi connectivity index (χ0n) is 10.6. The maximum absolute atomic E-state index is 13.3. The van der Waals surface area contributed by atoms with E-state index in [0.29, 0.717) is 24.5 Å². The second kappa shape index (κ2) is 5.35. The summed E-state index contributed by atoms with van der Waals surface area (Å²) >= 11 is 0. The molecule has 0 spiro atoms. The number of hydrogen-bond donors (Lipinski definition) is 1. The van der Waals surface area contributed by atoms with Crippen molar-refractivity contribution < 1.29 is 13.9 Å². The number of amides is 1. The van der Waals surface area contributed by atoms with Crippen LogP contribution < -0.4 is 15.0 Å². The van der Waals surface area contributed by atoms with Crippen molar-refractivity contribution in [1.29, 1.82) is 0 Å². The Morgan fingerprint density at radius 2 is 2.22 bits per heavy atom. The molecule has 1 aliphatic heterocycles. The van der Waals surface area contributed by atoms with Crippen LogP contribution in [0.3, 0.4) is 0 Å². The van der Waals surface area contributed by atoms with Gasteiger partial charge in [-0.25, -0.2) is 4.39 Å². The van der Waals surface area contributed by atoms with Crippen LogP contribution in [0.15, 0.2) is 18.2 Å². The topological polar surface area (TPSA) is 41.6 Å². The minimum atomic E-state index is -0.364. The highest BCUT2D eigenvalue weighted by atomic mass is 19.1. The van der Waals surface area contributed by atoms with Crippen molar-refractivity contribution in [3.05, 3.63) is 24.0 Å². The molecule has 0 bridgehead atoms. The average Bonchev–Trinajstić information content (AvgIpc) is 2.30. The molecule has 18 heavy (non-hydrogen) atoms. The molecule has 5 heteroatoms. The molecule has 1 amide bonds. The Kier molecular flexibility index (Phi) is 3.81. The average molecular weight is 252 g/mol. The summed E-state index contributed by atoms with van der Waals surface area (Å²) in [6.07, 6.45) is -0.0661. The molecule has 4 nitrogen and oxygen atoms in total. The molecule has 0 aliphatic carbocycles. The summed E-state index contributed by atoms with van der Waals surface area (Å²) in [5, 5.41) is 3.00. The van der Waals surface area contributed by atoms with E-state index in [1.807, 2.05) is 13.8 Å². The van der Waals surface area contributed by atoms with Gasteiger partial charge in [0.15, 0.2) is 0 Å². The van der Waals surface area contributed by atoms with Crippen molar-refractivity contribution in [2.75, 3.05) is 24.5 Å². The Hall–Kier alpha value is -1.62. The number of benzene rings is 1. The number of carbonyl (C=O) groups excluding carboxylic acids is 1. The highest BCUT2D eigenvalue weighted by Crippen LogP contribution is 2.30. The first-order chi connectivity index (χ1) is 8.58. The predicted octanol–water partition coefficient (Wildman–Crippen LogP) is 1.55. The SMILES string of the molecule is CC(C)Oc1cc(F)ccc1N1CCNCC1=O. The molecule has 0 atom stereocenters. The maximum Gasteiger partial charge on any atom is 0.241 e. The number of hydrogen-bond acceptors (Lipinski definition) is 3. The molecule has 1 aliphatic rings. The summed E-state index contributed by atoms with van der Waals surface area (Å²) in [7, 11) is 0. The van der Waals surface area contributed by atoms with E-state index in [0.717, 1.165) is 6.54 Å². The van der Waals surface area contributed by atoms with Crippen LogP contribution in [0.2, 0.25) is 0 Å². The molecular formula is C13H17FN2O2. The fourth-order valence-electron chi connectivity index (χ4n) is 1.92. The van der Waals surface area contributed by atoms with Crippen molar-refractivity contribution in [3.63, 3.8) is 0 Å². The lowest BCUT2D eigenvalue weighted by Crippen LogP contribution is -2.48. The summed E-state index contributed by atoms with van der Waals surface area (Å²) in [5.74, 6) is 0.0266. The molecule has 1 heterocycles. The molecule has 2 rings (SSSR count). The van der Waals surface area contributed by atoms with Gasteiger partial charge in [-0.05, 0) is 26.0 Å². The van der Waals surface area contributed by atoms with Gasteiger partial charge in [0.1, 0.15) is 11.6 Å². The third-order valence-electron chi connectivity index (χ3n) is 2.66. The van der Waals surface area contributed by atoms with Crippen molar-refractivity contribution >= 4 is 11.6 Å². The Bertz CT molecular complexity index is 449. The van der Waals surface area contributed by atoms with Gasteiger partial charge in [0, 0.05) is 19.2 Å². The van der Waals surface area contributed by atoms with E-state index in [-0.39, 0.29) is 17.8 Å². The lowest BCUT2D eigenvalue weighted by atomic mass is 10.2. The van der Waals surface area contributed by atoms with Gasteiger partial charge in [0.05, 0.1) is 18.3 Å². The van der Waals surface area contributed by atoms with E-state index < -0.39 is 0 Å². The van der Waals surface area contributed by atoms with Crippen LogP contribution in [0.25, 0.3) is 0 Å². The minimum Gasteiger partial charge on any atom is -0.489 e. The zero-order chi connectivity index (χ0) is 13.1. The van der Waals surface area contributed by atoms with Crippen LogP contribution in [0.5, 0.6) is 5.75 Å². The van der Waals surface area contributed by atoms with Crippen LogP contribution >= 0.6 is 0 Å². The van der Waals surface area contributed by atoms with Crippen LogP contribution in [0, 0.1) is 5.82 Å². The number of anilines is 1. The lowest BCUT2D eigenvalue weighted by molar-refractivity contribution is -0.118. The first-order valence-corrected chi connectivity index (χ1v) is 6.05. The first kappa shape index (κ1) is 12.8. The third-order valence-corrected chi connectivity index (χ3v) is 2.66. The molecule has 0 radical (unpaired) electrons. The molecular weight excluding hydrogens is 235 g/mol. The molecule has 1 aromatic carbocycles. The summed E-state index contributed by atoms with van der Waals surface area (Å²) in [6.45, 7) is 5.34. The molecule has 1 N–H and O–H groups in total. The second-order valence-electron chi connectivity index (χ2n) is 4.50. The third kappa shape index (κ3) is 2.79. The van der Waals surface area contributed by atoms with E-state index in [2.05, 4.69) is 5.32 Å². The van der Waals surface area contributed by atoms with Crippen molar-refractivity contribution in [3.8, 4) is 5.75 Å². The van der Waals surface area contributed by atoms with Crippen LogP contribution in [0.1, 0.15) is 13.8 Å². The van der Waals surface area contributed by atoms with Gasteiger partial charge < -0.3 is 15.0 Å². The summed E-state index contributed by atoms with van der Waals surface area (Å²) in [4.78, 5) is 13.5. The van der Waals surface area contributed by atoms with Gasteiger partial charge in [-0.15, -0.1) is 0 Å². The van der Waals surface area contributed by atoms with Gasteiger partial charge in [-0.3, -0.25) is 4.79 Å². The summed E-state index contributed by atoms with van der Waals surface area (Å²) < 4.78 is 18.8. The Morgan fingerprint density at radius 3 is 2.89 bits per heavy atom. The molecule has 98 valence electrons. The van der Waals surface area contributed by atoms with Gasteiger partial charge in [-0.1, -0.05) is 0 Å². The maximum atomic E-state index is 13.3. The monoisotopic (exact) mass is 252 g/mol. The normalized spacial score (nSPS) is 16.2. The number of ether oxygens (including phenoxy) is 1. The van der Waals surface area contributed by atoms with Gasteiger partial charge in [0.25, 0.3) is 0 Å². The van der Waals surface area contributed by atoms with Gasteiger partial charge >= 0.3 is 0 Å². The Labute approximate surface area is 106 Å². The standard InChI is InChI=1S/C13H17FN2O2/c1-9(2)18-12-7-10(14)3-4-11(12)16-6-5-15-8-13(16)17/h3-4,7,9,15H,5-6,8H2,1-2H3. The molecule has 1 aromatic rings. The highest BCUT2D eigenvalue weighted by Gasteiger charge is 2.22. The number of piperazine rings is 1. The van der Waals surface area contributed by atoms with Gasteiger partial charge in [0.2, 0.25) is 5.91 Å². The molecule has 0 aromatic heterocycles. The quantitative estimate of drug-likeness (QED) is 0.887. The zero-order valence-corrected chi connectivity index (χ0v) is 10.6. The van der Waals surface area contributed by atoms with E-state index in [9.17, 15) is 9.18 Å². The Morgan fingerprint density at radius 1 is 1.44 bits per heavy atom. The van der Waals surface area contributed by atoms with E-state index in [4.69, 9.17) is 4.74 Å². The van der Waals surface area contributed by atoms with E-state index in [1.54, 1.807) is 11.0 Å². The first-order valence-electron chi connectivity index (χ1n) is 6.05. The van der Waals surface area contributed by atoms with Crippen molar-refractivity contribution in [1.82, 2.24) is 5.32 Å². The van der Waals surface area contributed by atoms with Crippen LogP contribution in [0.4, 0.5) is 10.1 Å². The lowest BCUT2D eigenvalue weighted by Gasteiger charge is -2.29. The van der Waals surface area contributed by atoms with Crippen LogP contribution in [-0.2, 0) is 4.79 Å². The summed E-state index contributed by atoms with van der Waals surface area (Å²) in [6, 6.07) is 4.26. The van der Waals surface area contributed by atoms with Crippen LogP contribution in [-0.4, -0.2) is 31.6 Å². The smallest absolute Gasteiger partial charge is 0.241 e. The van der Waals surface area contributed by atoms with E-state index in [1.165, 1.54) is 12.1 Å². The highest BCUT2D eigenvalue weighted by molar-refractivity contribution is 5.96. The molecule has 0 saturated carbocycles. The number of halogens is 1. The van der Waals surface area contributed by atoms with E-state index >= 15 is 0 Å². The van der Waals surface area contributed by atoms with Gasteiger partial charge in [-0.2, -0.15) is 0 Å². The second-order valence-corrected chi connectivity index (χ2v) is 4.50. The number of carbonyl (C=O) groups is 1. The fourth-order valence-corrected chi connectivity index (χ4v) is 1.92. The fraction of sp³-hybridized carbons (Fsp3) is 0.462. The summed E-state index contributed by atoms with van der Waals surface area (Å²) in [5.41, 5.74) is 0.636. The molecule has 1 fully saturated rings. The minimum absolute atomic E-state index is 0.0264. The Balaban J connectivity index is 2.33. The largest absolute Gasteiger partial charge is 0.489 e. The molecule has 1 saturated heterocycles. The number of rotatable bonds is 3. The predicted molar refractivity (Wildman–Crippen MR) is 67.4 cm³/mol.